The molecule has 220 valence electrons. The third kappa shape index (κ3) is 5.21. The number of aliphatic hydroxyl groups excluding tert-OH is 1. The number of unbranched alkanes of at least 4 members (excludes halogenated alkanes) is 2. The van der Waals surface area contributed by atoms with Crippen molar-refractivity contribution in [2.75, 3.05) is 26.3 Å². The number of aliphatic hydroxyl groups is 1. The van der Waals surface area contributed by atoms with Gasteiger partial charge in [0.2, 0.25) is 11.8 Å². The molecule has 6 atom stereocenters. The Bertz CT molecular complexity index is 1320. The van der Waals surface area contributed by atoms with E-state index in [2.05, 4.69) is 39.4 Å². The van der Waals surface area contributed by atoms with Crippen molar-refractivity contribution in [2.24, 2.45) is 11.8 Å². The Labute approximate surface area is 247 Å². The Balaban J connectivity index is 1.49. The number of amides is 2. The molecule has 3 aliphatic rings. The summed E-state index contributed by atoms with van der Waals surface area (Å²) in [4.78, 5) is 44.9. The summed E-state index contributed by atoms with van der Waals surface area (Å²) in [6, 6.07) is 6.54. The first-order valence-corrected chi connectivity index (χ1v) is 15.0. The van der Waals surface area contributed by atoms with Gasteiger partial charge >= 0.3 is 5.97 Å². The van der Waals surface area contributed by atoms with Crippen LogP contribution in [0.1, 0.15) is 32.1 Å². The van der Waals surface area contributed by atoms with Crippen molar-refractivity contribution in [1.82, 2.24) is 24.8 Å². The molecule has 0 saturated carbocycles. The molecule has 1 aromatic carbocycles. The number of rotatable bonds is 14. The standard InChI is InChI=1S/C29H36BrN5O6/c1-3-5-16-40-28(39)22-23-26(37)34(14-9-6-10-15-36)25(29(23)17-19(30)24(22)41-29)27(38)33(13-4-2)18-35-21-12-8-7-11-20(21)31-32-35/h3-4,7-8,11-12,19,22-25,36H,1-2,5-6,9-10,13-18H2/t19?,22-,23+,24-,25?,29?/m1/s1. The van der Waals surface area contributed by atoms with E-state index in [9.17, 15) is 19.5 Å². The highest BCUT2D eigenvalue weighted by atomic mass is 79.9. The number of alkyl halides is 1. The minimum absolute atomic E-state index is 0.0521. The average molecular weight is 631 g/mol. The predicted octanol–water partition coefficient (Wildman–Crippen LogP) is 2.43. The summed E-state index contributed by atoms with van der Waals surface area (Å²) in [6.07, 6.45) is 5.50. The number of carbonyl (C=O) groups excluding carboxylic acids is 3. The fourth-order valence-electron chi connectivity index (χ4n) is 6.56. The number of esters is 1. The highest BCUT2D eigenvalue weighted by molar-refractivity contribution is 9.09. The number of carbonyl (C=O) groups is 3. The summed E-state index contributed by atoms with van der Waals surface area (Å²) in [5.41, 5.74) is 0.293. The lowest BCUT2D eigenvalue weighted by molar-refractivity contribution is -0.155. The van der Waals surface area contributed by atoms with Crippen LogP contribution < -0.4 is 0 Å². The molecule has 0 radical (unpaired) electrons. The second kappa shape index (κ2) is 12.4. The number of benzene rings is 1. The molecule has 2 amide bonds. The maximum atomic E-state index is 14.5. The molecule has 1 spiro atoms. The summed E-state index contributed by atoms with van der Waals surface area (Å²) in [6.45, 7) is 8.35. The lowest BCUT2D eigenvalue weighted by Gasteiger charge is -2.37. The van der Waals surface area contributed by atoms with Gasteiger partial charge in [-0.1, -0.05) is 45.4 Å². The maximum Gasteiger partial charge on any atom is 0.312 e. The minimum Gasteiger partial charge on any atom is -0.465 e. The number of likely N-dealkylation sites (tertiary alicyclic amines) is 1. The van der Waals surface area contributed by atoms with Crippen molar-refractivity contribution in [2.45, 2.75) is 61.3 Å². The molecule has 2 bridgehead atoms. The van der Waals surface area contributed by atoms with Crippen LogP contribution in [0.3, 0.4) is 0 Å². The molecule has 41 heavy (non-hydrogen) atoms. The topological polar surface area (TPSA) is 127 Å². The lowest BCUT2D eigenvalue weighted by atomic mass is 9.70. The van der Waals surface area contributed by atoms with Gasteiger partial charge in [0.05, 0.1) is 30.1 Å². The largest absolute Gasteiger partial charge is 0.465 e. The number of ether oxygens (including phenoxy) is 2. The number of aromatic nitrogens is 3. The van der Waals surface area contributed by atoms with Gasteiger partial charge in [-0.3, -0.25) is 14.4 Å². The van der Waals surface area contributed by atoms with Gasteiger partial charge in [-0.15, -0.1) is 18.3 Å². The van der Waals surface area contributed by atoms with E-state index < -0.39 is 35.6 Å². The van der Waals surface area contributed by atoms with Gasteiger partial charge in [-0.2, -0.15) is 0 Å². The van der Waals surface area contributed by atoms with Gasteiger partial charge in [-0.05, 0) is 44.2 Å². The molecular weight excluding hydrogens is 594 g/mol. The quantitative estimate of drug-likeness (QED) is 0.146. The Morgan fingerprint density at radius 3 is 2.80 bits per heavy atom. The number of para-hydroxylation sites is 1. The smallest absolute Gasteiger partial charge is 0.312 e. The number of halogens is 1. The molecule has 1 N–H and O–H groups in total. The highest BCUT2D eigenvalue weighted by Gasteiger charge is 2.77. The van der Waals surface area contributed by atoms with Crippen LogP contribution in [0, 0.1) is 11.8 Å². The number of fused-ring (bicyclic) bond motifs is 2. The van der Waals surface area contributed by atoms with Gasteiger partial charge in [0, 0.05) is 24.5 Å². The second-order valence-electron chi connectivity index (χ2n) is 10.8. The molecule has 3 unspecified atom stereocenters. The van der Waals surface area contributed by atoms with E-state index >= 15 is 0 Å². The average Bonchev–Trinajstić information content (AvgIpc) is 3.68. The molecule has 3 fully saturated rings. The van der Waals surface area contributed by atoms with Crippen molar-refractivity contribution in [3.8, 4) is 0 Å². The van der Waals surface area contributed by atoms with E-state index in [0.29, 0.717) is 44.2 Å². The first-order valence-electron chi connectivity index (χ1n) is 14.1. The van der Waals surface area contributed by atoms with Crippen molar-refractivity contribution >= 4 is 44.7 Å². The van der Waals surface area contributed by atoms with E-state index in [4.69, 9.17) is 9.47 Å². The molecule has 1 aromatic heterocycles. The van der Waals surface area contributed by atoms with Gasteiger partial charge in [0.15, 0.2) is 0 Å². The predicted molar refractivity (Wildman–Crippen MR) is 154 cm³/mol. The fourth-order valence-corrected chi connectivity index (χ4v) is 7.50. The fraction of sp³-hybridized carbons (Fsp3) is 0.552. The molecule has 0 aliphatic carbocycles. The van der Waals surface area contributed by atoms with E-state index in [1.165, 1.54) is 0 Å². The first-order chi connectivity index (χ1) is 19.9. The number of hydrogen-bond acceptors (Lipinski definition) is 8. The van der Waals surface area contributed by atoms with Crippen LogP contribution >= 0.6 is 15.9 Å². The Kier molecular flexibility index (Phi) is 8.91. The van der Waals surface area contributed by atoms with Gasteiger partial charge in [0.25, 0.3) is 0 Å². The zero-order valence-corrected chi connectivity index (χ0v) is 24.5. The molecule has 3 saturated heterocycles. The molecule has 4 heterocycles. The summed E-state index contributed by atoms with van der Waals surface area (Å²) >= 11 is 3.68. The molecule has 11 nitrogen and oxygen atoms in total. The van der Waals surface area contributed by atoms with E-state index in [-0.39, 0.29) is 43.1 Å². The zero-order valence-electron chi connectivity index (χ0n) is 22.9. The summed E-state index contributed by atoms with van der Waals surface area (Å²) in [5, 5.41) is 17.7. The minimum atomic E-state index is -1.18. The van der Waals surface area contributed by atoms with E-state index in [1.54, 1.807) is 26.6 Å². The Hall–Kier alpha value is -3.09. The van der Waals surface area contributed by atoms with Crippen LogP contribution in [-0.2, 0) is 30.5 Å². The van der Waals surface area contributed by atoms with Gasteiger partial charge in [-0.25, -0.2) is 4.68 Å². The van der Waals surface area contributed by atoms with Crippen molar-refractivity contribution in [3.05, 3.63) is 49.6 Å². The lowest BCUT2D eigenvalue weighted by Crippen LogP contribution is -2.57. The number of hydrogen-bond donors (Lipinski definition) is 1. The Morgan fingerprint density at radius 1 is 1.24 bits per heavy atom. The van der Waals surface area contributed by atoms with Crippen molar-refractivity contribution in [3.63, 3.8) is 0 Å². The van der Waals surface area contributed by atoms with Gasteiger partial charge in [0.1, 0.15) is 23.8 Å². The SMILES string of the molecule is C=CCCOC(=O)[C@H]1[C@@H]2OC3(CC2Br)C(C(=O)N(CC=C)Cn2nnc4ccccc42)N(CCCCCO)C(=O)[C@H]13. The van der Waals surface area contributed by atoms with Crippen LogP contribution in [-0.4, -0.2) is 96.6 Å². The van der Waals surface area contributed by atoms with E-state index in [0.717, 1.165) is 5.52 Å². The third-order valence-corrected chi connectivity index (χ3v) is 9.15. The Morgan fingerprint density at radius 2 is 2.05 bits per heavy atom. The number of nitrogens with zero attached hydrogens (tertiary/aromatic N) is 5. The second-order valence-corrected chi connectivity index (χ2v) is 12.0. The van der Waals surface area contributed by atoms with Crippen molar-refractivity contribution in [1.29, 1.82) is 0 Å². The van der Waals surface area contributed by atoms with Crippen LogP contribution in [0.4, 0.5) is 0 Å². The summed E-state index contributed by atoms with van der Waals surface area (Å²) < 4.78 is 13.7. The van der Waals surface area contributed by atoms with Crippen LogP contribution in [0.15, 0.2) is 49.6 Å². The monoisotopic (exact) mass is 629 g/mol. The van der Waals surface area contributed by atoms with Crippen LogP contribution in [0.5, 0.6) is 0 Å². The van der Waals surface area contributed by atoms with Gasteiger partial charge < -0.3 is 24.4 Å². The van der Waals surface area contributed by atoms with E-state index in [1.807, 2.05) is 24.3 Å². The van der Waals surface area contributed by atoms with Crippen LogP contribution in [0.25, 0.3) is 11.0 Å². The molecule has 3 aliphatic heterocycles. The normalized spacial score (nSPS) is 28.2. The molecule has 5 rings (SSSR count). The molecule has 2 aromatic rings. The maximum absolute atomic E-state index is 14.5. The summed E-state index contributed by atoms with van der Waals surface area (Å²) in [5.74, 6) is -2.72. The van der Waals surface area contributed by atoms with Crippen molar-refractivity contribution < 1.29 is 29.0 Å². The third-order valence-electron chi connectivity index (χ3n) is 8.30. The summed E-state index contributed by atoms with van der Waals surface area (Å²) in [7, 11) is 0. The molecular formula is C29H36BrN5O6. The molecule has 12 heteroatoms. The highest BCUT2D eigenvalue weighted by Crippen LogP contribution is 2.60. The zero-order chi connectivity index (χ0) is 29.1. The first kappa shape index (κ1) is 29.4. The van der Waals surface area contributed by atoms with Crippen LogP contribution in [0.2, 0.25) is 0 Å².